The monoisotopic (exact) mass is 637 g/mol. The van der Waals surface area contributed by atoms with Gasteiger partial charge in [0.2, 0.25) is 0 Å². The first-order chi connectivity index (χ1) is 22.8. The summed E-state index contributed by atoms with van der Waals surface area (Å²) in [5.41, 5.74) is 6.78. The van der Waals surface area contributed by atoms with E-state index in [1.54, 1.807) is 6.92 Å². The maximum absolute atomic E-state index is 12.3. The van der Waals surface area contributed by atoms with Crippen LogP contribution in [-0.4, -0.2) is 59.2 Å². The lowest BCUT2D eigenvalue weighted by atomic mass is 9.98. The van der Waals surface area contributed by atoms with Gasteiger partial charge in [0.1, 0.15) is 0 Å². The number of ether oxygens (including phenoxy) is 3. The van der Waals surface area contributed by atoms with Gasteiger partial charge in [-0.05, 0) is 66.1 Å². The van der Waals surface area contributed by atoms with Gasteiger partial charge >= 0.3 is 5.97 Å². The third-order valence-electron chi connectivity index (χ3n) is 8.20. The van der Waals surface area contributed by atoms with E-state index in [1.807, 2.05) is 91.1 Å². The maximum Gasteiger partial charge on any atom is 0.303 e. The van der Waals surface area contributed by atoms with Gasteiger partial charge in [0, 0.05) is 56.9 Å². The normalized spacial score (nSPS) is 18.4. The van der Waals surface area contributed by atoms with E-state index in [2.05, 4.69) is 28.3 Å². The Bertz CT molecular complexity index is 1610. The molecule has 9 heteroatoms. The van der Waals surface area contributed by atoms with Gasteiger partial charge in [0.15, 0.2) is 12.4 Å². The number of benzene rings is 3. The summed E-state index contributed by atoms with van der Waals surface area (Å²) >= 11 is 0. The Morgan fingerprint density at radius 3 is 2.45 bits per heavy atom. The van der Waals surface area contributed by atoms with Crippen molar-refractivity contribution in [2.24, 2.45) is 0 Å². The van der Waals surface area contributed by atoms with Crippen LogP contribution in [-0.2, 0) is 43.4 Å². The van der Waals surface area contributed by atoms with E-state index in [0.29, 0.717) is 13.0 Å². The zero-order valence-electron chi connectivity index (χ0n) is 27.2. The van der Waals surface area contributed by atoms with Crippen LogP contribution < -0.4 is 5.32 Å². The molecule has 1 saturated heterocycles. The molecule has 2 N–H and O–H groups in total. The van der Waals surface area contributed by atoms with E-state index < -0.39 is 18.4 Å². The van der Waals surface area contributed by atoms with Crippen LogP contribution in [0.2, 0.25) is 0 Å². The zero-order valence-corrected chi connectivity index (χ0v) is 27.2. The molecule has 1 aromatic heterocycles. The van der Waals surface area contributed by atoms with Crippen LogP contribution >= 0.6 is 0 Å². The molecule has 9 nitrogen and oxygen atoms in total. The number of esters is 1. The number of carbonyl (C=O) groups excluding carboxylic acids is 2. The summed E-state index contributed by atoms with van der Waals surface area (Å²) < 4.78 is 18.2. The van der Waals surface area contributed by atoms with Crippen molar-refractivity contribution in [3.63, 3.8) is 0 Å². The summed E-state index contributed by atoms with van der Waals surface area (Å²) in [5.74, 6) is -0.845. The summed E-state index contributed by atoms with van der Waals surface area (Å²) in [6, 6.07) is 30.0. The van der Waals surface area contributed by atoms with E-state index in [-0.39, 0.29) is 24.7 Å². The smallest absolute Gasteiger partial charge is 0.303 e. The summed E-state index contributed by atoms with van der Waals surface area (Å²) in [7, 11) is 2.11. The highest BCUT2D eigenvalue weighted by atomic mass is 16.7. The second-order valence-electron chi connectivity index (χ2n) is 12.0. The average Bonchev–Trinajstić information content (AvgIpc) is 3.10. The minimum Gasteiger partial charge on any atom is -0.453 e. The molecule has 1 aliphatic rings. The molecule has 2 heterocycles. The fourth-order valence-electron chi connectivity index (χ4n) is 5.68. The van der Waals surface area contributed by atoms with Crippen LogP contribution in [0.4, 0.5) is 0 Å². The highest BCUT2D eigenvalue weighted by molar-refractivity contribution is 5.82. The number of pyridine rings is 1. The second kappa shape index (κ2) is 16.4. The Hall–Kier alpha value is -4.41. The third-order valence-corrected chi connectivity index (χ3v) is 8.20. The molecule has 0 bridgehead atoms. The van der Waals surface area contributed by atoms with Crippen LogP contribution in [0.5, 0.6) is 0 Å². The first kappa shape index (κ1) is 33.9. The van der Waals surface area contributed by atoms with E-state index in [9.17, 15) is 14.7 Å². The zero-order chi connectivity index (χ0) is 33.2. The van der Waals surface area contributed by atoms with E-state index >= 15 is 0 Å². The summed E-state index contributed by atoms with van der Waals surface area (Å²) in [4.78, 5) is 30.3. The number of amides is 1. The lowest BCUT2D eigenvalue weighted by molar-refractivity contribution is -0.252. The average molecular weight is 638 g/mol. The molecule has 4 atom stereocenters. The van der Waals surface area contributed by atoms with Crippen molar-refractivity contribution in [2.75, 3.05) is 20.1 Å². The Balaban J connectivity index is 1.31. The van der Waals surface area contributed by atoms with Gasteiger partial charge in [-0.3, -0.25) is 14.6 Å². The number of carbonyl (C=O) groups is 2. The SMILES string of the molecule is CC(=O)O[C@@H](C)C(=O)NCc1cccc(-c2cccc([C@H]3O[C@@H](CN(C)CCc4ccccn4)C[C@@H](c4ccc(CO)cc4)O3)c2)c1. The fourth-order valence-corrected chi connectivity index (χ4v) is 5.68. The number of likely N-dealkylation sites (N-methyl/N-ethyl adjacent to an activating group) is 1. The number of rotatable bonds is 13. The van der Waals surface area contributed by atoms with Gasteiger partial charge in [-0.1, -0.05) is 66.7 Å². The molecule has 4 aromatic rings. The molecule has 1 aliphatic heterocycles. The number of aromatic nitrogens is 1. The van der Waals surface area contributed by atoms with Crippen LogP contribution in [0.1, 0.15) is 60.6 Å². The Morgan fingerprint density at radius 2 is 1.72 bits per heavy atom. The predicted molar refractivity (Wildman–Crippen MR) is 179 cm³/mol. The fraction of sp³-hybridized carbons (Fsp3) is 0.342. The third kappa shape index (κ3) is 9.79. The van der Waals surface area contributed by atoms with Gasteiger partial charge in [0.05, 0.1) is 18.8 Å². The van der Waals surface area contributed by atoms with Crippen molar-refractivity contribution in [1.29, 1.82) is 0 Å². The molecule has 0 spiro atoms. The minimum atomic E-state index is -0.858. The summed E-state index contributed by atoms with van der Waals surface area (Å²) in [5, 5.41) is 12.4. The van der Waals surface area contributed by atoms with Gasteiger partial charge < -0.3 is 29.5 Å². The van der Waals surface area contributed by atoms with E-state index in [4.69, 9.17) is 14.2 Å². The molecule has 0 saturated carbocycles. The molecule has 5 rings (SSSR count). The highest BCUT2D eigenvalue weighted by Crippen LogP contribution is 2.39. The molecule has 3 aromatic carbocycles. The van der Waals surface area contributed by atoms with Crippen molar-refractivity contribution in [2.45, 2.75) is 64.4 Å². The highest BCUT2D eigenvalue weighted by Gasteiger charge is 2.33. The lowest BCUT2D eigenvalue weighted by Crippen LogP contribution is -2.38. The van der Waals surface area contributed by atoms with Crippen molar-refractivity contribution in [3.8, 4) is 11.1 Å². The maximum atomic E-state index is 12.3. The van der Waals surface area contributed by atoms with Crippen molar-refractivity contribution in [1.82, 2.24) is 15.2 Å². The largest absolute Gasteiger partial charge is 0.453 e. The number of aliphatic hydroxyl groups is 1. The lowest BCUT2D eigenvalue weighted by Gasteiger charge is -2.38. The number of nitrogens with zero attached hydrogens (tertiary/aromatic N) is 2. The van der Waals surface area contributed by atoms with E-state index in [1.165, 1.54) is 6.92 Å². The van der Waals surface area contributed by atoms with Crippen LogP contribution in [0.3, 0.4) is 0 Å². The first-order valence-electron chi connectivity index (χ1n) is 16.0. The summed E-state index contributed by atoms with van der Waals surface area (Å²) in [6.45, 7) is 4.72. The molecule has 1 fully saturated rings. The minimum absolute atomic E-state index is 0.00496. The molecule has 47 heavy (non-hydrogen) atoms. The number of nitrogens with one attached hydrogen (secondary N) is 1. The molecule has 246 valence electrons. The molecule has 0 unspecified atom stereocenters. The molecule has 0 aliphatic carbocycles. The van der Waals surface area contributed by atoms with Crippen molar-refractivity contribution < 1.29 is 28.9 Å². The van der Waals surface area contributed by atoms with Gasteiger partial charge in [-0.25, -0.2) is 0 Å². The summed E-state index contributed by atoms with van der Waals surface area (Å²) in [6.07, 6.45) is 1.69. The predicted octanol–water partition coefficient (Wildman–Crippen LogP) is 5.53. The van der Waals surface area contributed by atoms with Gasteiger partial charge in [-0.15, -0.1) is 0 Å². The van der Waals surface area contributed by atoms with Crippen LogP contribution in [0, 0.1) is 0 Å². The Kier molecular flexibility index (Phi) is 11.9. The topological polar surface area (TPSA) is 110 Å². The molecule has 0 radical (unpaired) electrons. The number of hydrogen-bond acceptors (Lipinski definition) is 8. The van der Waals surface area contributed by atoms with E-state index in [0.717, 1.165) is 58.6 Å². The standard InChI is InChI=1S/C38H43N3O6/c1-26(45-27(2)43)37(44)40-23-29-8-6-9-31(20-29)32-10-7-11-33(21-32)38-46-35(24-41(3)19-17-34-12-4-5-18-39-34)22-36(47-38)30-15-13-28(25-42)14-16-30/h4-16,18,20-21,26,35-36,38,42H,17,19,22-25H2,1-3H3,(H,40,44)/t26-,35+,36-,38-/m0/s1. The van der Waals surface area contributed by atoms with Crippen molar-refractivity contribution in [3.05, 3.63) is 125 Å². The van der Waals surface area contributed by atoms with Crippen LogP contribution in [0.25, 0.3) is 11.1 Å². The van der Waals surface area contributed by atoms with Gasteiger partial charge in [0.25, 0.3) is 5.91 Å². The Labute approximate surface area is 276 Å². The second-order valence-corrected chi connectivity index (χ2v) is 12.0. The van der Waals surface area contributed by atoms with Crippen molar-refractivity contribution >= 4 is 11.9 Å². The quantitative estimate of drug-likeness (QED) is 0.184. The number of aliphatic hydroxyl groups excluding tert-OH is 1. The molecular weight excluding hydrogens is 594 g/mol. The van der Waals surface area contributed by atoms with Gasteiger partial charge in [-0.2, -0.15) is 0 Å². The number of hydrogen-bond donors (Lipinski definition) is 2. The molecular formula is C38H43N3O6. The van der Waals surface area contributed by atoms with Crippen LogP contribution in [0.15, 0.2) is 97.2 Å². The first-order valence-corrected chi connectivity index (χ1v) is 16.0. The Morgan fingerprint density at radius 1 is 0.957 bits per heavy atom. The molecule has 1 amide bonds.